The van der Waals surface area contributed by atoms with Gasteiger partial charge in [-0.3, -0.25) is 0 Å². The molecule has 0 saturated carbocycles. The third-order valence-corrected chi connectivity index (χ3v) is 4.21. The van der Waals surface area contributed by atoms with Crippen LogP contribution in [-0.2, 0) is 11.3 Å². The van der Waals surface area contributed by atoms with Gasteiger partial charge in [0.1, 0.15) is 12.1 Å². The van der Waals surface area contributed by atoms with Crippen LogP contribution in [0.3, 0.4) is 0 Å². The van der Waals surface area contributed by atoms with Crippen molar-refractivity contribution in [2.45, 2.75) is 31.6 Å². The van der Waals surface area contributed by atoms with Crippen molar-refractivity contribution in [2.75, 3.05) is 4.90 Å². The number of halogens is 5. The molecule has 0 saturated heterocycles. The molecule has 0 heterocycles. The molecule has 142 valence electrons. The summed E-state index contributed by atoms with van der Waals surface area (Å²) >= 11 is 5.84. The van der Waals surface area contributed by atoms with Crippen LogP contribution in [0.5, 0.6) is 0 Å². The quantitative estimate of drug-likeness (QED) is 0.471. The fourth-order valence-electron chi connectivity index (χ4n) is 2.57. The molecule has 0 aliphatic heterocycles. The van der Waals surface area contributed by atoms with E-state index in [1.165, 1.54) is 29.2 Å². The number of carbonyl (C=O) groups excluding carboxylic acids is 1. The monoisotopic (exact) mass is 398 g/mol. The van der Waals surface area contributed by atoms with Crippen molar-refractivity contribution in [3.63, 3.8) is 0 Å². The van der Waals surface area contributed by atoms with Gasteiger partial charge in [0.2, 0.25) is 0 Å². The highest BCUT2D eigenvalue weighted by atomic mass is 35.5. The SMILES string of the molecule is N#Cc1ccc(CN(c2ccc(Cl)cc2)[C@@H](C=O)CCC(F)(F)F)c(F)c1. The van der Waals surface area contributed by atoms with E-state index in [1.807, 2.05) is 6.07 Å². The minimum absolute atomic E-state index is 0.123. The van der Waals surface area contributed by atoms with Crippen LogP contribution in [0.2, 0.25) is 5.02 Å². The Balaban J connectivity index is 2.35. The molecule has 0 unspecified atom stereocenters. The molecule has 0 aromatic heterocycles. The molecule has 2 aromatic rings. The highest BCUT2D eigenvalue weighted by Gasteiger charge is 2.30. The minimum atomic E-state index is -4.41. The molecule has 2 rings (SSSR count). The molecule has 3 nitrogen and oxygen atoms in total. The Morgan fingerprint density at radius 2 is 1.85 bits per heavy atom. The zero-order valence-corrected chi connectivity index (χ0v) is 14.8. The lowest BCUT2D eigenvalue weighted by Crippen LogP contribution is -2.37. The Morgan fingerprint density at radius 1 is 1.19 bits per heavy atom. The van der Waals surface area contributed by atoms with Gasteiger partial charge in [-0.1, -0.05) is 17.7 Å². The van der Waals surface area contributed by atoms with Crippen LogP contribution in [0.15, 0.2) is 42.5 Å². The molecule has 0 fully saturated rings. The number of benzene rings is 2. The fourth-order valence-corrected chi connectivity index (χ4v) is 2.70. The Hall–Kier alpha value is -2.59. The standard InChI is InChI=1S/C19H15ClF4N2O/c20-15-3-5-16(6-4-15)26(17(12-27)7-8-19(22,23)24)11-14-2-1-13(10-25)9-18(14)21/h1-6,9,12,17H,7-8,11H2/t17-/m1/s1. The molecular formula is C19H15ClF4N2O. The maximum atomic E-state index is 14.3. The van der Waals surface area contributed by atoms with E-state index in [9.17, 15) is 22.4 Å². The van der Waals surface area contributed by atoms with E-state index in [1.54, 1.807) is 12.1 Å². The fraction of sp³-hybridized carbons (Fsp3) is 0.263. The molecule has 8 heteroatoms. The summed E-state index contributed by atoms with van der Waals surface area (Å²) in [5.74, 6) is -0.673. The van der Waals surface area contributed by atoms with Crippen molar-refractivity contribution >= 4 is 23.6 Å². The number of hydrogen-bond donors (Lipinski definition) is 0. The second-order valence-electron chi connectivity index (χ2n) is 5.88. The van der Waals surface area contributed by atoms with Crippen LogP contribution in [0, 0.1) is 17.1 Å². The molecule has 0 bridgehead atoms. The second-order valence-corrected chi connectivity index (χ2v) is 6.32. The molecule has 0 spiro atoms. The largest absolute Gasteiger partial charge is 0.389 e. The predicted octanol–water partition coefficient (Wildman–Crippen LogP) is 5.27. The van der Waals surface area contributed by atoms with Crippen molar-refractivity contribution in [1.29, 1.82) is 5.26 Å². The van der Waals surface area contributed by atoms with E-state index in [-0.39, 0.29) is 17.7 Å². The van der Waals surface area contributed by atoms with Gasteiger partial charge in [-0.25, -0.2) is 4.39 Å². The second kappa shape index (κ2) is 8.87. The topological polar surface area (TPSA) is 44.1 Å². The first-order valence-corrected chi connectivity index (χ1v) is 8.34. The van der Waals surface area contributed by atoms with E-state index in [0.29, 0.717) is 17.0 Å². The summed E-state index contributed by atoms with van der Waals surface area (Å²) in [6, 6.07) is 10.7. The van der Waals surface area contributed by atoms with Crippen LogP contribution in [0.1, 0.15) is 24.0 Å². The van der Waals surface area contributed by atoms with Crippen LogP contribution in [-0.4, -0.2) is 18.5 Å². The molecule has 27 heavy (non-hydrogen) atoms. The lowest BCUT2D eigenvalue weighted by Gasteiger charge is -2.31. The lowest BCUT2D eigenvalue weighted by molar-refractivity contribution is -0.136. The molecule has 0 radical (unpaired) electrons. The molecule has 0 amide bonds. The Kier molecular flexibility index (Phi) is 6.81. The van der Waals surface area contributed by atoms with E-state index in [2.05, 4.69) is 0 Å². The Labute approximate surface area is 158 Å². The summed E-state index contributed by atoms with van der Waals surface area (Å²) in [5.41, 5.74) is 0.712. The minimum Gasteiger partial charge on any atom is -0.357 e. The van der Waals surface area contributed by atoms with E-state index in [4.69, 9.17) is 16.9 Å². The number of anilines is 1. The number of aldehydes is 1. The van der Waals surface area contributed by atoms with Gasteiger partial charge in [0.15, 0.2) is 0 Å². The van der Waals surface area contributed by atoms with Gasteiger partial charge in [0.05, 0.1) is 17.7 Å². The third kappa shape index (κ3) is 5.97. The van der Waals surface area contributed by atoms with Gasteiger partial charge in [0, 0.05) is 29.2 Å². The number of hydrogen-bond acceptors (Lipinski definition) is 3. The van der Waals surface area contributed by atoms with Gasteiger partial charge in [-0.2, -0.15) is 18.4 Å². The first-order chi connectivity index (χ1) is 12.7. The zero-order chi connectivity index (χ0) is 20.0. The molecular weight excluding hydrogens is 384 g/mol. The summed E-state index contributed by atoms with van der Waals surface area (Å²) in [6.45, 7) is -0.138. The van der Waals surface area contributed by atoms with Gasteiger partial charge in [-0.05, 0) is 42.8 Å². The average Bonchev–Trinajstić information content (AvgIpc) is 2.62. The number of carbonyl (C=O) groups is 1. The first kappa shape index (κ1) is 20.7. The Morgan fingerprint density at radius 3 is 2.37 bits per heavy atom. The van der Waals surface area contributed by atoms with Gasteiger partial charge < -0.3 is 9.69 Å². The lowest BCUT2D eigenvalue weighted by atomic mass is 10.1. The van der Waals surface area contributed by atoms with Crippen molar-refractivity contribution in [3.05, 3.63) is 64.4 Å². The smallest absolute Gasteiger partial charge is 0.357 e. The Bertz CT molecular complexity index is 831. The third-order valence-electron chi connectivity index (χ3n) is 3.96. The normalized spacial score (nSPS) is 12.3. The number of nitriles is 1. The zero-order valence-electron chi connectivity index (χ0n) is 14.0. The molecule has 0 aliphatic rings. The summed E-state index contributed by atoms with van der Waals surface area (Å²) in [5, 5.41) is 9.24. The first-order valence-electron chi connectivity index (χ1n) is 7.96. The predicted molar refractivity (Wildman–Crippen MR) is 93.9 cm³/mol. The highest BCUT2D eigenvalue weighted by Crippen LogP contribution is 2.28. The van der Waals surface area contributed by atoms with Gasteiger partial charge in [0.25, 0.3) is 0 Å². The number of alkyl halides is 3. The van der Waals surface area contributed by atoms with Gasteiger partial charge >= 0.3 is 6.18 Å². The van der Waals surface area contributed by atoms with Crippen molar-refractivity contribution in [3.8, 4) is 6.07 Å². The molecule has 1 atom stereocenters. The van der Waals surface area contributed by atoms with Crippen LogP contribution in [0.4, 0.5) is 23.2 Å². The maximum Gasteiger partial charge on any atom is 0.389 e. The summed E-state index contributed by atoms with van der Waals surface area (Å²) < 4.78 is 52.1. The van der Waals surface area contributed by atoms with Crippen molar-refractivity contribution < 1.29 is 22.4 Å². The highest BCUT2D eigenvalue weighted by molar-refractivity contribution is 6.30. The average molecular weight is 399 g/mol. The summed E-state index contributed by atoms with van der Waals surface area (Å²) in [4.78, 5) is 12.9. The van der Waals surface area contributed by atoms with Crippen LogP contribution >= 0.6 is 11.6 Å². The summed E-state index contributed by atoms with van der Waals surface area (Å²) in [7, 11) is 0. The van der Waals surface area contributed by atoms with E-state index in [0.717, 1.165) is 6.07 Å². The number of rotatable bonds is 7. The van der Waals surface area contributed by atoms with Crippen LogP contribution in [0.25, 0.3) is 0 Å². The molecule has 0 aliphatic carbocycles. The summed E-state index contributed by atoms with van der Waals surface area (Å²) in [6.07, 6.45) is -5.60. The van der Waals surface area contributed by atoms with E-state index < -0.39 is 30.9 Å². The van der Waals surface area contributed by atoms with E-state index >= 15 is 0 Å². The van der Waals surface area contributed by atoms with Crippen LogP contribution < -0.4 is 4.90 Å². The van der Waals surface area contributed by atoms with Crippen molar-refractivity contribution in [1.82, 2.24) is 0 Å². The number of nitrogens with zero attached hydrogens (tertiary/aromatic N) is 2. The maximum absolute atomic E-state index is 14.3. The van der Waals surface area contributed by atoms with Crippen molar-refractivity contribution in [2.24, 2.45) is 0 Å². The molecule has 2 aromatic carbocycles. The van der Waals surface area contributed by atoms with Gasteiger partial charge in [-0.15, -0.1) is 0 Å². The molecule has 0 N–H and O–H groups in total.